The molecule has 0 saturated carbocycles. The number of hydrogen-bond acceptors (Lipinski definition) is 3. The van der Waals surface area contributed by atoms with E-state index in [-0.39, 0.29) is 18.3 Å². The highest BCUT2D eigenvalue weighted by atomic mass is 35.5. The molecular weight excluding hydrogens is 250 g/mol. The third-order valence-corrected chi connectivity index (χ3v) is 3.38. The number of piperidine rings is 1. The summed E-state index contributed by atoms with van der Waals surface area (Å²) in [5.74, 6) is 0.591. The quantitative estimate of drug-likeness (QED) is 0.851. The van der Waals surface area contributed by atoms with Gasteiger partial charge in [-0.05, 0) is 37.8 Å². The van der Waals surface area contributed by atoms with Crippen molar-refractivity contribution in [2.24, 2.45) is 5.92 Å². The van der Waals surface area contributed by atoms with Gasteiger partial charge in [-0.1, -0.05) is 6.92 Å². The van der Waals surface area contributed by atoms with Gasteiger partial charge in [0.25, 0.3) is 5.91 Å². The number of rotatable bonds is 1. The molecule has 2 rings (SSSR count). The molecule has 2 heterocycles. The number of nitrogens with zero attached hydrogens (tertiary/aromatic N) is 2. The molecule has 1 aliphatic rings. The first kappa shape index (κ1) is 14.8. The van der Waals surface area contributed by atoms with Crippen LogP contribution in [-0.4, -0.2) is 28.4 Å². The number of nitrogens with two attached hydrogens (primary N) is 1. The van der Waals surface area contributed by atoms with E-state index in [1.165, 1.54) is 12.6 Å². The second-order valence-corrected chi connectivity index (χ2v) is 4.97. The molecule has 100 valence electrons. The van der Waals surface area contributed by atoms with E-state index in [0.717, 1.165) is 13.0 Å². The van der Waals surface area contributed by atoms with Crippen LogP contribution < -0.4 is 5.73 Å². The summed E-state index contributed by atoms with van der Waals surface area (Å²) < 4.78 is 0. The first-order valence-electron chi connectivity index (χ1n) is 6.10. The van der Waals surface area contributed by atoms with Crippen LogP contribution in [0.25, 0.3) is 0 Å². The van der Waals surface area contributed by atoms with Crippen molar-refractivity contribution in [2.75, 3.05) is 12.3 Å². The van der Waals surface area contributed by atoms with E-state index in [1.807, 2.05) is 4.90 Å². The van der Waals surface area contributed by atoms with Crippen molar-refractivity contribution in [2.45, 2.75) is 32.7 Å². The van der Waals surface area contributed by atoms with Gasteiger partial charge in [0.1, 0.15) is 5.69 Å². The lowest BCUT2D eigenvalue weighted by molar-refractivity contribution is 0.0568. The molecule has 0 radical (unpaired) electrons. The fraction of sp³-hybridized carbons (Fsp3) is 0.538. The molecule has 0 spiro atoms. The molecule has 1 aromatic rings. The molecule has 4 nitrogen and oxygen atoms in total. The maximum atomic E-state index is 12.3. The number of amides is 1. The molecule has 2 atom stereocenters. The highest BCUT2D eigenvalue weighted by Gasteiger charge is 2.28. The van der Waals surface area contributed by atoms with E-state index < -0.39 is 0 Å². The van der Waals surface area contributed by atoms with Crippen molar-refractivity contribution in [1.82, 2.24) is 9.88 Å². The van der Waals surface area contributed by atoms with Crippen LogP contribution in [0.2, 0.25) is 0 Å². The van der Waals surface area contributed by atoms with Crippen LogP contribution in [0.1, 0.15) is 37.2 Å². The van der Waals surface area contributed by atoms with E-state index in [1.54, 1.807) is 12.1 Å². The molecule has 1 aliphatic heterocycles. The predicted molar refractivity (Wildman–Crippen MR) is 74.8 cm³/mol. The van der Waals surface area contributed by atoms with Crippen molar-refractivity contribution in [3.05, 3.63) is 24.0 Å². The number of hydrogen-bond donors (Lipinski definition) is 1. The molecule has 1 fully saturated rings. The summed E-state index contributed by atoms with van der Waals surface area (Å²) in [6.07, 6.45) is 3.80. The molecule has 2 unspecified atom stereocenters. The third kappa shape index (κ3) is 3.13. The van der Waals surface area contributed by atoms with Crippen LogP contribution in [0.4, 0.5) is 5.69 Å². The maximum Gasteiger partial charge on any atom is 0.272 e. The summed E-state index contributed by atoms with van der Waals surface area (Å²) in [7, 11) is 0. The molecule has 18 heavy (non-hydrogen) atoms. The van der Waals surface area contributed by atoms with Crippen LogP contribution >= 0.6 is 12.4 Å². The van der Waals surface area contributed by atoms with Crippen molar-refractivity contribution in [3.8, 4) is 0 Å². The second-order valence-electron chi connectivity index (χ2n) is 4.97. The van der Waals surface area contributed by atoms with Gasteiger partial charge >= 0.3 is 0 Å². The Kier molecular flexibility index (Phi) is 4.96. The molecule has 0 aromatic carbocycles. The smallest absolute Gasteiger partial charge is 0.272 e. The Balaban J connectivity index is 0.00000162. The summed E-state index contributed by atoms with van der Waals surface area (Å²) in [4.78, 5) is 18.3. The van der Waals surface area contributed by atoms with Gasteiger partial charge in [-0.3, -0.25) is 4.79 Å². The molecular formula is C13H20ClN3O. The zero-order valence-electron chi connectivity index (χ0n) is 10.8. The van der Waals surface area contributed by atoms with Crippen LogP contribution in [-0.2, 0) is 0 Å². The van der Waals surface area contributed by atoms with Gasteiger partial charge in [-0.25, -0.2) is 4.98 Å². The maximum absolute atomic E-state index is 12.3. The lowest BCUT2D eigenvalue weighted by Gasteiger charge is -2.36. The number of carbonyl (C=O) groups is 1. The van der Waals surface area contributed by atoms with Gasteiger partial charge in [0.15, 0.2) is 0 Å². The van der Waals surface area contributed by atoms with Crippen molar-refractivity contribution in [1.29, 1.82) is 0 Å². The minimum Gasteiger partial charge on any atom is -0.397 e. The number of nitrogen functional groups attached to an aromatic ring is 1. The van der Waals surface area contributed by atoms with Crippen LogP contribution in [0.3, 0.4) is 0 Å². The highest BCUT2D eigenvalue weighted by molar-refractivity contribution is 5.92. The molecule has 2 N–H and O–H groups in total. The number of pyridine rings is 1. The van der Waals surface area contributed by atoms with E-state index in [2.05, 4.69) is 18.8 Å². The van der Waals surface area contributed by atoms with Crippen molar-refractivity contribution in [3.63, 3.8) is 0 Å². The lowest BCUT2D eigenvalue weighted by Crippen LogP contribution is -2.45. The lowest BCUT2D eigenvalue weighted by atomic mass is 9.95. The molecule has 0 aliphatic carbocycles. The number of anilines is 1. The SMILES string of the molecule is CC1CCC(C)N(C(=O)c2ccc(N)cn2)C1.Cl. The van der Waals surface area contributed by atoms with Crippen molar-refractivity contribution >= 4 is 24.0 Å². The minimum absolute atomic E-state index is 0. The Morgan fingerprint density at radius 1 is 1.39 bits per heavy atom. The Morgan fingerprint density at radius 2 is 2.11 bits per heavy atom. The average Bonchev–Trinajstić information content (AvgIpc) is 2.32. The minimum atomic E-state index is 0. The zero-order valence-corrected chi connectivity index (χ0v) is 11.6. The normalized spacial score (nSPS) is 23.3. The zero-order chi connectivity index (χ0) is 12.4. The standard InChI is InChI=1S/C13H19N3O.ClH/c1-9-3-4-10(2)16(8-9)13(17)12-6-5-11(14)7-15-12;/h5-7,9-10H,3-4,8,14H2,1-2H3;1H. The number of likely N-dealkylation sites (tertiary alicyclic amines) is 1. The first-order chi connectivity index (χ1) is 8.08. The average molecular weight is 270 g/mol. The number of halogens is 1. The molecule has 0 bridgehead atoms. The summed E-state index contributed by atoms with van der Waals surface area (Å²) in [5.41, 5.74) is 6.64. The molecule has 1 amide bonds. The van der Waals surface area contributed by atoms with Gasteiger partial charge < -0.3 is 10.6 Å². The Morgan fingerprint density at radius 3 is 2.72 bits per heavy atom. The van der Waals surface area contributed by atoms with E-state index in [9.17, 15) is 4.79 Å². The summed E-state index contributed by atoms with van der Waals surface area (Å²) >= 11 is 0. The molecule has 5 heteroatoms. The predicted octanol–water partition coefficient (Wildman–Crippen LogP) is 2.35. The highest BCUT2D eigenvalue weighted by Crippen LogP contribution is 2.22. The first-order valence-corrected chi connectivity index (χ1v) is 6.10. The van der Waals surface area contributed by atoms with E-state index in [0.29, 0.717) is 23.3 Å². The summed E-state index contributed by atoms with van der Waals surface area (Å²) in [6.45, 7) is 5.11. The van der Waals surface area contributed by atoms with Crippen LogP contribution in [0, 0.1) is 5.92 Å². The molecule has 1 saturated heterocycles. The van der Waals surface area contributed by atoms with Crippen molar-refractivity contribution < 1.29 is 4.79 Å². The number of carbonyl (C=O) groups excluding carboxylic acids is 1. The Bertz CT molecular complexity index is 407. The van der Waals surface area contributed by atoms with Gasteiger partial charge in [-0.15, -0.1) is 12.4 Å². The second kappa shape index (κ2) is 6.05. The fourth-order valence-corrected chi connectivity index (χ4v) is 2.25. The fourth-order valence-electron chi connectivity index (χ4n) is 2.25. The third-order valence-electron chi connectivity index (χ3n) is 3.38. The summed E-state index contributed by atoms with van der Waals surface area (Å²) in [6, 6.07) is 3.72. The van der Waals surface area contributed by atoms with E-state index >= 15 is 0 Å². The van der Waals surface area contributed by atoms with E-state index in [4.69, 9.17) is 5.73 Å². The topological polar surface area (TPSA) is 59.2 Å². The van der Waals surface area contributed by atoms with Crippen LogP contribution in [0.5, 0.6) is 0 Å². The molecule has 1 aromatic heterocycles. The Labute approximate surface area is 114 Å². The summed E-state index contributed by atoms with van der Waals surface area (Å²) in [5, 5.41) is 0. The van der Waals surface area contributed by atoms with Gasteiger partial charge in [-0.2, -0.15) is 0 Å². The van der Waals surface area contributed by atoms with Crippen LogP contribution in [0.15, 0.2) is 18.3 Å². The number of aromatic nitrogens is 1. The van der Waals surface area contributed by atoms with Gasteiger partial charge in [0.05, 0.1) is 11.9 Å². The van der Waals surface area contributed by atoms with Gasteiger partial charge in [0, 0.05) is 12.6 Å². The monoisotopic (exact) mass is 269 g/mol. The Hall–Kier alpha value is -1.29. The van der Waals surface area contributed by atoms with Gasteiger partial charge in [0.2, 0.25) is 0 Å². The largest absolute Gasteiger partial charge is 0.397 e.